The number of benzene rings is 1. The molecule has 1 unspecified atom stereocenters. The molecule has 4 nitrogen and oxygen atoms in total. The average molecular weight is 292 g/mol. The van der Waals surface area contributed by atoms with E-state index < -0.39 is 9.84 Å². The van der Waals surface area contributed by atoms with E-state index in [0.717, 1.165) is 23.3 Å². The van der Waals surface area contributed by atoms with Gasteiger partial charge in [0.1, 0.15) is 5.82 Å². The van der Waals surface area contributed by atoms with E-state index in [1.54, 1.807) is 18.2 Å². The summed E-state index contributed by atoms with van der Waals surface area (Å²) in [5.41, 5.74) is 1.91. The van der Waals surface area contributed by atoms with E-state index in [9.17, 15) is 8.42 Å². The normalized spacial score (nSPS) is 22.4. The fourth-order valence-corrected chi connectivity index (χ4v) is 3.88. The van der Waals surface area contributed by atoms with Crippen molar-refractivity contribution in [2.45, 2.75) is 43.9 Å². The van der Waals surface area contributed by atoms with Crippen LogP contribution in [0, 0.1) is 5.41 Å². The molecule has 1 aromatic carbocycles. The molecule has 0 bridgehead atoms. The first kappa shape index (κ1) is 13.6. The lowest BCUT2D eigenvalue weighted by atomic mass is 9.81. The molecule has 5 heteroatoms. The van der Waals surface area contributed by atoms with Crippen molar-refractivity contribution >= 4 is 20.9 Å². The molecule has 0 saturated heterocycles. The van der Waals surface area contributed by atoms with Gasteiger partial charge in [0, 0.05) is 12.2 Å². The third-order valence-electron chi connectivity index (χ3n) is 4.49. The van der Waals surface area contributed by atoms with Crippen LogP contribution in [0.3, 0.4) is 0 Å². The van der Waals surface area contributed by atoms with Gasteiger partial charge in [-0.15, -0.1) is 0 Å². The highest BCUT2D eigenvalue weighted by atomic mass is 32.2. The molecule has 1 saturated carbocycles. The smallest absolute Gasteiger partial charge is 0.175 e. The maximum atomic E-state index is 11.6. The number of hydrogen-bond donors (Lipinski definition) is 1. The Labute approximate surface area is 119 Å². The Morgan fingerprint density at radius 2 is 2.10 bits per heavy atom. The van der Waals surface area contributed by atoms with Crippen LogP contribution in [0.25, 0.3) is 11.0 Å². The van der Waals surface area contributed by atoms with Crippen molar-refractivity contribution in [3.05, 3.63) is 24.0 Å². The lowest BCUT2D eigenvalue weighted by Gasteiger charge is -2.24. The van der Waals surface area contributed by atoms with Gasteiger partial charge in [-0.1, -0.05) is 20.3 Å². The van der Waals surface area contributed by atoms with E-state index in [4.69, 9.17) is 0 Å². The zero-order chi connectivity index (χ0) is 14.5. The first-order chi connectivity index (χ1) is 9.27. The molecule has 0 spiro atoms. The van der Waals surface area contributed by atoms with Crippen LogP contribution in [-0.4, -0.2) is 24.6 Å². The van der Waals surface area contributed by atoms with Crippen LogP contribution < -0.4 is 0 Å². The molecule has 3 rings (SSSR count). The van der Waals surface area contributed by atoms with Gasteiger partial charge in [0.25, 0.3) is 0 Å². The average Bonchev–Trinajstić information content (AvgIpc) is 2.88. The molecule has 20 heavy (non-hydrogen) atoms. The summed E-state index contributed by atoms with van der Waals surface area (Å²) in [6.45, 7) is 4.56. The molecule has 0 radical (unpaired) electrons. The Bertz CT molecular complexity index is 759. The van der Waals surface area contributed by atoms with Crippen molar-refractivity contribution in [2.75, 3.05) is 6.26 Å². The number of fused-ring (bicyclic) bond motifs is 1. The highest BCUT2D eigenvalue weighted by Gasteiger charge is 2.37. The molecule has 0 aliphatic heterocycles. The third kappa shape index (κ3) is 2.24. The Morgan fingerprint density at radius 3 is 2.70 bits per heavy atom. The Morgan fingerprint density at radius 1 is 1.35 bits per heavy atom. The van der Waals surface area contributed by atoms with Crippen LogP contribution in [0.5, 0.6) is 0 Å². The Balaban J connectivity index is 2.07. The van der Waals surface area contributed by atoms with Crippen molar-refractivity contribution < 1.29 is 8.42 Å². The molecule has 0 amide bonds. The Hall–Kier alpha value is -1.36. The monoisotopic (exact) mass is 292 g/mol. The number of aromatic amines is 1. The fourth-order valence-electron chi connectivity index (χ4n) is 3.24. The number of nitrogens with zero attached hydrogens (tertiary/aromatic N) is 1. The zero-order valence-electron chi connectivity index (χ0n) is 12.1. The summed E-state index contributed by atoms with van der Waals surface area (Å²) >= 11 is 0. The summed E-state index contributed by atoms with van der Waals surface area (Å²) in [5.74, 6) is 1.42. The van der Waals surface area contributed by atoms with Crippen molar-refractivity contribution in [1.29, 1.82) is 0 Å². The number of imidazole rings is 1. The van der Waals surface area contributed by atoms with Crippen LogP contribution in [0.1, 0.15) is 44.9 Å². The van der Waals surface area contributed by atoms with Gasteiger partial charge >= 0.3 is 0 Å². The van der Waals surface area contributed by atoms with E-state index in [2.05, 4.69) is 23.8 Å². The molecule has 108 valence electrons. The quantitative estimate of drug-likeness (QED) is 0.924. The van der Waals surface area contributed by atoms with Gasteiger partial charge < -0.3 is 4.98 Å². The number of hydrogen-bond acceptors (Lipinski definition) is 3. The highest BCUT2D eigenvalue weighted by molar-refractivity contribution is 7.90. The van der Waals surface area contributed by atoms with Gasteiger partial charge in [-0.05, 0) is 36.5 Å². The predicted octanol–water partition coefficient (Wildman–Crippen LogP) is 3.26. The second-order valence-electron chi connectivity index (χ2n) is 6.51. The molecule has 1 aromatic heterocycles. The lowest BCUT2D eigenvalue weighted by Crippen LogP contribution is -2.16. The molecule has 1 heterocycles. The maximum absolute atomic E-state index is 11.6. The second kappa shape index (κ2) is 4.32. The third-order valence-corrected chi connectivity index (χ3v) is 5.60. The van der Waals surface area contributed by atoms with Crippen LogP contribution in [0.4, 0.5) is 0 Å². The topological polar surface area (TPSA) is 62.8 Å². The summed E-state index contributed by atoms with van der Waals surface area (Å²) in [6, 6.07) is 5.10. The lowest BCUT2D eigenvalue weighted by molar-refractivity contribution is 0.324. The van der Waals surface area contributed by atoms with E-state index in [1.165, 1.54) is 19.1 Å². The number of aromatic nitrogens is 2. The van der Waals surface area contributed by atoms with Gasteiger partial charge in [0.15, 0.2) is 9.84 Å². The van der Waals surface area contributed by atoms with Crippen molar-refractivity contribution in [2.24, 2.45) is 5.41 Å². The fraction of sp³-hybridized carbons (Fsp3) is 0.533. The first-order valence-corrected chi connectivity index (χ1v) is 8.86. The summed E-state index contributed by atoms with van der Waals surface area (Å²) in [5, 5.41) is 0. The zero-order valence-corrected chi connectivity index (χ0v) is 12.9. The highest BCUT2D eigenvalue weighted by Crippen LogP contribution is 2.48. The number of rotatable bonds is 2. The number of H-pyrrole nitrogens is 1. The molecule has 2 aromatic rings. The summed E-state index contributed by atoms with van der Waals surface area (Å²) in [4.78, 5) is 8.33. The van der Waals surface area contributed by atoms with Gasteiger partial charge in [0.2, 0.25) is 0 Å². The van der Waals surface area contributed by atoms with E-state index in [-0.39, 0.29) is 5.41 Å². The summed E-state index contributed by atoms with van der Waals surface area (Å²) < 4.78 is 23.2. The van der Waals surface area contributed by atoms with Gasteiger partial charge in [0.05, 0.1) is 15.9 Å². The first-order valence-electron chi connectivity index (χ1n) is 6.97. The second-order valence-corrected chi connectivity index (χ2v) is 8.52. The summed E-state index contributed by atoms with van der Waals surface area (Å²) in [7, 11) is -3.17. The van der Waals surface area contributed by atoms with Gasteiger partial charge in [-0.25, -0.2) is 13.4 Å². The standard InChI is InChI=1S/C15H20N2O2S/c1-15(2)8-4-5-11(15)14-16-12-7-6-10(20(3,18)19)9-13(12)17-14/h6-7,9,11H,4-5,8H2,1-3H3,(H,16,17). The minimum Gasteiger partial charge on any atom is -0.342 e. The molecule has 1 fully saturated rings. The molecule has 1 N–H and O–H groups in total. The predicted molar refractivity (Wildman–Crippen MR) is 79.6 cm³/mol. The van der Waals surface area contributed by atoms with Crippen molar-refractivity contribution in [1.82, 2.24) is 9.97 Å². The van der Waals surface area contributed by atoms with Crippen LogP contribution in [0.15, 0.2) is 23.1 Å². The SMILES string of the molecule is CC1(C)CCCC1c1nc2ccc(S(C)(=O)=O)cc2[nH]1. The molecule has 1 atom stereocenters. The van der Waals surface area contributed by atoms with E-state index in [0.29, 0.717) is 10.8 Å². The number of sulfone groups is 1. The summed E-state index contributed by atoms with van der Waals surface area (Å²) in [6.07, 6.45) is 4.81. The van der Waals surface area contributed by atoms with Gasteiger partial charge in [-0.2, -0.15) is 0 Å². The van der Waals surface area contributed by atoms with Crippen LogP contribution >= 0.6 is 0 Å². The molecule has 1 aliphatic rings. The largest absolute Gasteiger partial charge is 0.342 e. The number of nitrogens with one attached hydrogen (secondary N) is 1. The minimum atomic E-state index is -3.17. The minimum absolute atomic E-state index is 0.257. The van der Waals surface area contributed by atoms with Crippen LogP contribution in [-0.2, 0) is 9.84 Å². The molecular weight excluding hydrogens is 272 g/mol. The van der Waals surface area contributed by atoms with E-state index in [1.807, 2.05) is 0 Å². The van der Waals surface area contributed by atoms with Crippen molar-refractivity contribution in [3.63, 3.8) is 0 Å². The van der Waals surface area contributed by atoms with Crippen LogP contribution in [0.2, 0.25) is 0 Å². The van der Waals surface area contributed by atoms with Crippen molar-refractivity contribution in [3.8, 4) is 0 Å². The van der Waals surface area contributed by atoms with E-state index >= 15 is 0 Å². The molecule has 1 aliphatic carbocycles. The molecular formula is C15H20N2O2S. The Kier molecular flexibility index (Phi) is 2.94. The van der Waals surface area contributed by atoms with Gasteiger partial charge in [-0.3, -0.25) is 0 Å². The maximum Gasteiger partial charge on any atom is 0.175 e.